The zero-order chi connectivity index (χ0) is 17.2. The number of hydrogen-bond acceptors (Lipinski definition) is 4. The van der Waals surface area contributed by atoms with Gasteiger partial charge in [0, 0.05) is 19.0 Å². The summed E-state index contributed by atoms with van der Waals surface area (Å²) in [6.45, 7) is 4.76. The van der Waals surface area contributed by atoms with Crippen molar-refractivity contribution in [1.82, 2.24) is 9.78 Å². The highest BCUT2D eigenvalue weighted by Gasteiger charge is 2.17. The van der Waals surface area contributed by atoms with E-state index in [4.69, 9.17) is 0 Å². The summed E-state index contributed by atoms with van der Waals surface area (Å²) in [6.07, 6.45) is 4.09. The van der Waals surface area contributed by atoms with Gasteiger partial charge in [-0.2, -0.15) is 5.10 Å². The number of benzene rings is 1. The highest BCUT2D eigenvalue weighted by molar-refractivity contribution is 7.90. The van der Waals surface area contributed by atoms with Crippen LogP contribution >= 0.6 is 0 Å². The SMILES string of the molecule is CC(C)Cn1cc(NC(=O)c2cc(S(C)(=O)=O)ccc2F)cn1. The van der Waals surface area contributed by atoms with Crippen LogP contribution in [-0.4, -0.2) is 30.4 Å². The number of nitrogens with one attached hydrogen (secondary N) is 1. The predicted octanol–water partition coefficient (Wildman–Crippen LogP) is 2.33. The lowest BCUT2D eigenvalue weighted by atomic mass is 10.2. The van der Waals surface area contributed by atoms with E-state index in [2.05, 4.69) is 10.4 Å². The van der Waals surface area contributed by atoms with Crippen LogP contribution in [0.1, 0.15) is 24.2 Å². The van der Waals surface area contributed by atoms with Gasteiger partial charge in [-0.15, -0.1) is 0 Å². The van der Waals surface area contributed by atoms with E-state index in [1.807, 2.05) is 13.8 Å². The molecule has 2 aromatic rings. The lowest BCUT2D eigenvalue weighted by molar-refractivity contribution is 0.102. The topological polar surface area (TPSA) is 81.1 Å². The summed E-state index contributed by atoms with van der Waals surface area (Å²) in [6, 6.07) is 3.12. The minimum absolute atomic E-state index is 0.112. The van der Waals surface area contributed by atoms with Gasteiger partial charge in [-0.25, -0.2) is 12.8 Å². The third-order valence-corrected chi connectivity index (χ3v) is 4.16. The van der Waals surface area contributed by atoms with Gasteiger partial charge >= 0.3 is 0 Å². The van der Waals surface area contributed by atoms with Gasteiger partial charge < -0.3 is 5.32 Å². The highest BCUT2D eigenvalue weighted by Crippen LogP contribution is 2.17. The van der Waals surface area contributed by atoms with Crippen molar-refractivity contribution in [3.63, 3.8) is 0 Å². The van der Waals surface area contributed by atoms with Crippen molar-refractivity contribution < 1.29 is 17.6 Å². The molecule has 1 aromatic carbocycles. The van der Waals surface area contributed by atoms with Crippen LogP contribution in [-0.2, 0) is 16.4 Å². The lowest BCUT2D eigenvalue weighted by Gasteiger charge is -2.06. The third-order valence-electron chi connectivity index (χ3n) is 3.05. The fourth-order valence-electron chi connectivity index (χ4n) is 2.01. The molecule has 1 aromatic heterocycles. The van der Waals surface area contributed by atoms with Crippen molar-refractivity contribution in [2.45, 2.75) is 25.3 Å². The summed E-state index contributed by atoms with van der Waals surface area (Å²) >= 11 is 0. The van der Waals surface area contributed by atoms with Gasteiger partial charge in [0.05, 0.1) is 22.3 Å². The molecular formula is C15H18FN3O3S. The molecule has 0 aliphatic rings. The third kappa shape index (κ3) is 4.38. The van der Waals surface area contributed by atoms with Crippen molar-refractivity contribution in [2.75, 3.05) is 11.6 Å². The van der Waals surface area contributed by atoms with Gasteiger partial charge in [0.25, 0.3) is 5.91 Å². The maximum Gasteiger partial charge on any atom is 0.258 e. The first-order valence-corrected chi connectivity index (χ1v) is 8.89. The Labute approximate surface area is 134 Å². The number of carbonyl (C=O) groups is 1. The molecule has 0 fully saturated rings. The molecule has 0 aliphatic heterocycles. The number of hydrogen-bond donors (Lipinski definition) is 1. The van der Waals surface area contributed by atoms with E-state index >= 15 is 0 Å². The van der Waals surface area contributed by atoms with E-state index in [0.717, 1.165) is 24.5 Å². The summed E-state index contributed by atoms with van der Waals surface area (Å²) in [5.41, 5.74) is 0.0874. The summed E-state index contributed by atoms with van der Waals surface area (Å²) in [5, 5.41) is 6.61. The monoisotopic (exact) mass is 339 g/mol. The molecule has 0 saturated carbocycles. The van der Waals surface area contributed by atoms with Crippen LogP contribution in [0.25, 0.3) is 0 Å². The van der Waals surface area contributed by atoms with Gasteiger partial charge in [0.2, 0.25) is 0 Å². The number of nitrogens with zero attached hydrogens (tertiary/aromatic N) is 2. The van der Waals surface area contributed by atoms with Crippen molar-refractivity contribution in [3.05, 3.63) is 42.0 Å². The Morgan fingerprint density at radius 3 is 2.70 bits per heavy atom. The summed E-state index contributed by atoms with van der Waals surface area (Å²) < 4.78 is 38.5. The second kappa shape index (κ2) is 6.49. The minimum Gasteiger partial charge on any atom is -0.319 e. The molecule has 0 spiro atoms. The number of carbonyl (C=O) groups excluding carboxylic acids is 1. The van der Waals surface area contributed by atoms with Gasteiger partial charge in [-0.3, -0.25) is 9.48 Å². The maximum atomic E-state index is 13.8. The fraction of sp³-hybridized carbons (Fsp3) is 0.333. The standard InChI is InChI=1S/C15H18FN3O3S/c1-10(2)8-19-9-11(7-17-19)18-15(20)13-6-12(23(3,21)22)4-5-14(13)16/h4-7,9-10H,8H2,1-3H3,(H,18,20). The number of rotatable bonds is 5. The van der Waals surface area contributed by atoms with Crippen molar-refractivity contribution in [3.8, 4) is 0 Å². The van der Waals surface area contributed by atoms with Crippen molar-refractivity contribution in [2.24, 2.45) is 5.92 Å². The normalized spacial score (nSPS) is 11.7. The van der Waals surface area contributed by atoms with E-state index in [-0.39, 0.29) is 10.5 Å². The quantitative estimate of drug-likeness (QED) is 0.848. The van der Waals surface area contributed by atoms with Gasteiger partial charge in [-0.1, -0.05) is 13.8 Å². The van der Waals surface area contributed by atoms with E-state index in [1.165, 1.54) is 6.20 Å². The molecule has 0 unspecified atom stereocenters. The van der Waals surface area contributed by atoms with Crippen LogP contribution in [0.2, 0.25) is 0 Å². The zero-order valence-electron chi connectivity index (χ0n) is 13.1. The molecule has 8 heteroatoms. The molecule has 1 heterocycles. The molecule has 1 N–H and O–H groups in total. The lowest BCUT2D eigenvalue weighted by Crippen LogP contribution is -2.14. The Bertz CT molecular complexity index is 828. The van der Waals surface area contributed by atoms with Crippen molar-refractivity contribution >= 4 is 21.4 Å². The first-order valence-electron chi connectivity index (χ1n) is 7.00. The molecule has 0 aliphatic carbocycles. The first kappa shape index (κ1) is 17.1. The largest absolute Gasteiger partial charge is 0.319 e. The fourth-order valence-corrected chi connectivity index (χ4v) is 2.66. The molecule has 6 nitrogen and oxygen atoms in total. The molecular weight excluding hydrogens is 321 g/mol. The first-order chi connectivity index (χ1) is 10.7. The van der Waals surface area contributed by atoms with Crippen LogP contribution in [0.3, 0.4) is 0 Å². The van der Waals surface area contributed by atoms with E-state index in [1.54, 1.807) is 10.9 Å². The number of halogens is 1. The van der Waals surface area contributed by atoms with Gasteiger partial charge in [0.1, 0.15) is 5.82 Å². The van der Waals surface area contributed by atoms with Crippen LogP contribution in [0, 0.1) is 11.7 Å². The Morgan fingerprint density at radius 1 is 1.39 bits per heavy atom. The molecule has 0 radical (unpaired) electrons. The Morgan fingerprint density at radius 2 is 2.09 bits per heavy atom. The number of aromatic nitrogens is 2. The van der Waals surface area contributed by atoms with Crippen LogP contribution in [0.5, 0.6) is 0 Å². The summed E-state index contributed by atoms with van der Waals surface area (Å²) in [4.78, 5) is 12.1. The Balaban J connectivity index is 2.22. The number of amides is 1. The molecule has 124 valence electrons. The summed E-state index contributed by atoms with van der Waals surface area (Å²) in [5.74, 6) is -1.12. The van der Waals surface area contributed by atoms with Crippen LogP contribution in [0.4, 0.5) is 10.1 Å². The number of anilines is 1. The number of sulfone groups is 1. The smallest absolute Gasteiger partial charge is 0.258 e. The average Bonchev–Trinajstić information content (AvgIpc) is 2.84. The second-order valence-electron chi connectivity index (χ2n) is 5.71. The van der Waals surface area contributed by atoms with E-state index in [0.29, 0.717) is 18.2 Å². The summed E-state index contributed by atoms with van der Waals surface area (Å²) in [7, 11) is -3.52. The van der Waals surface area contributed by atoms with Gasteiger partial charge in [0.15, 0.2) is 9.84 Å². The maximum absolute atomic E-state index is 13.8. The Kier molecular flexibility index (Phi) is 4.84. The van der Waals surface area contributed by atoms with Gasteiger partial charge in [-0.05, 0) is 24.1 Å². The highest BCUT2D eigenvalue weighted by atomic mass is 32.2. The molecule has 23 heavy (non-hydrogen) atoms. The second-order valence-corrected chi connectivity index (χ2v) is 7.73. The molecule has 0 bridgehead atoms. The minimum atomic E-state index is -3.52. The molecule has 2 rings (SSSR count). The molecule has 0 saturated heterocycles. The average molecular weight is 339 g/mol. The Hall–Kier alpha value is -2.22. The van der Waals surface area contributed by atoms with E-state index < -0.39 is 21.6 Å². The van der Waals surface area contributed by atoms with Crippen LogP contribution in [0.15, 0.2) is 35.5 Å². The predicted molar refractivity (Wildman–Crippen MR) is 84.5 cm³/mol. The molecule has 0 atom stereocenters. The zero-order valence-corrected chi connectivity index (χ0v) is 13.9. The van der Waals surface area contributed by atoms with Crippen LogP contribution < -0.4 is 5.32 Å². The van der Waals surface area contributed by atoms with Crippen molar-refractivity contribution in [1.29, 1.82) is 0 Å². The van der Waals surface area contributed by atoms with E-state index in [9.17, 15) is 17.6 Å². The molecule has 1 amide bonds.